The zero-order valence-electron chi connectivity index (χ0n) is 11.9. The van der Waals surface area contributed by atoms with Gasteiger partial charge < -0.3 is 15.4 Å². The molecule has 0 radical (unpaired) electrons. The lowest BCUT2D eigenvalue weighted by Crippen LogP contribution is -2.19. The van der Waals surface area contributed by atoms with Gasteiger partial charge in [0, 0.05) is 17.4 Å². The van der Waals surface area contributed by atoms with Crippen molar-refractivity contribution in [3.8, 4) is 5.75 Å². The van der Waals surface area contributed by atoms with E-state index in [0.717, 1.165) is 17.1 Å². The van der Waals surface area contributed by atoms with E-state index in [1.807, 2.05) is 24.3 Å². The van der Waals surface area contributed by atoms with Crippen LogP contribution >= 0.6 is 12.2 Å². The van der Waals surface area contributed by atoms with Crippen molar-refractivity contribution in [1.29, 1.82) is 0 Å². The van der Waals surface area contributed by atoms with Crippen molar-refractivity contribution in [2.24, 2.45) is 0 Å². The van der Waals surface area contributed by atoms with Gasteiger partial charge in [-0.25, -0.2) is 0 Å². The SMILES string of the molecule is COc1cccc(NC(=S)Nc2cc(C)cc(C)c2)c1. The Bertz CT molecular complexity index is 605. The third-order valence-electron chi connectivity index (χ3n) is 2.81. The van der Waals surface area contributed by atoms with E-state index in [0.29, 0.717) is 5.11 Å². The molecule has 0 saturated carbocycles. The quantitative estimate of drug-likeness (QED) is 0.832. The smallest absolute Gasteiger partial charge is 0.175 e. The third-order valence-corrected chi connectivity index (χ3v) is 3.01. The van der Waals surface area contributed by atoms with Crippen LogP contribution < -0.4 is 15.4 Å². The first-order chi connectivity index (χ1) is 9.56. The number of ether oxygens (including phenoxy) is 1. The molecule has 2 aromatic rings. The first-order valence-corrected chi connectivity index (χ1v) is 6.78. The van der Waals surface area contributed by atoms with Crippen molar-refractivity contribution in [1.82, 2.24) is 0 Å². The molecule has 0 amide bonds. The van der Waals surface area contributed by atoms with Crippen LogP contribution in [0.4, 0.5) is 11.4 Å². The summed E-state index contributed by atoms with van der Waals surface area (Å²) in [5.74, 6) is 0.796. The van der Waals surface area contributed by atoms with Crippen molar-refractivity contribution in [2.75, 3.05) is 17.7 Å². The fourth-order valence-electron chi connectivity index (χ4n) is 2.04. The van der Waals surface area contributed by atoms with Crippen LogP contribution in [0, 0.1) is 13.8 Å². The number of hydrogen-bond donors (Lipinski definition) is 2. The minimum atomic E-state index is 0.559. The maximum Gasteiger partial charge on any atom is 0.175 e. The van der Waals surface area contributed by atoms with Crippen LogP contribution in [0.1, 0.15) is 11.1 Å². The predicted octanol–water partition coefficient (Wildman–Crippen LogP) is 4.12. The maximum atomic E-state index is 5.32. The molecule has 0 saturated heterocycles. The van der Waals surface area contributed by atoms with Gasteiger partial charge in [-0.1, -0.05) is 12.1 Å². The molecular formula is C16H18N2OS. The molecule has 0 atom stereocenters. The standard InChI is InChI=1S/C16H18N2OS/c1-11-7-12(2)9-14(8-11)18-16(20)17-13-5-4-6-15(10-13)19-3/h4-10H,1-3H3,(H2,17,18,20). The number of aryl methyl sites for hydroxylation is 2. The molecule has 0 aliphatic heterocycles. The van der Waals surface area contributed by atoms with Crippen LogP contribution in [-0.2, 0) is 0 Å². The second-order valence-corrected chi connectivity index (χ2v) is 5.10. The van der Waals surface area contributed by atoms with Gasteiger partial charge in [0.05, 0.1) is 7.11 Å². The van der Waals surface area contributed by atoms with Crippen LogP contribution in [-0.4, -0.2) is 12.2 Å². The van der Waals surface area contributed by atoms with Gasteiger partial charge in [-0.3, -0.25) is 0 Å². The summed E-state index contributed by atoms with van der Waals surface area (Å²) >= 11 is 5.32. The van der Waals surface area contributed by atoms with E-state index >= 15 is 0 Å². The highest BCUT2D eigenvalue weighted by molar-refractivity contribution is 7.80. The van der Waals surface area contributed by atoms with Crippen molar-refractivity contribution < 1.29 is 4.74 Å². The Labute approximate surface area is 125 Å². The Morgan fingerprint density at radius 2 is 1.60 bits per heavy atom. The molecule has 3 nitrogen and oxygen atoms in total. The van der Waals surface area contributed by atoms with E-state index in [-0.39, 0.29) is 0 Å². The molecule has 0 aliphatic rings. The largest absolute Gasteiger partial charge is 0.497 e. The Morgan fingerprint density at radius 1 is 0.950 bits per heavy atom. The average molecular weight is 286 g/mol. The summed E-state index contributed by atoms with van der Waals surface area (Å²) in [7, 11) is 1.64. The Morgan fingerprint density at radius 3 is 2.25 bits per heavy atom. The average Bonchev–Trinajstić information content (AvgIpc) is 2.37. The molecule has 4 heteroatoms. The van der Waals surface area contributed by atoms with Crippen molar-refractivity contribution in [3.05, 3.63) is 53.6 Å². The fourth-order valence-corrected chi connectivity index (χ4v) is 2.28. The molecule has 0 spiro atoms. The van der Waals surface area contributed by atoms with Gasteiger partial charge in [0.2, 0.25) is 0 Å². The van der Waals surface area contributed by atoms with Gasteiger partial charge in [-0.15, -0.1) is 0 Å². The van der Waals surface area contributed by atoms with E-state index in [1.165, 1.54) is 11.1 Å². The summed E-state index contributed by atoms with van der Waals surface area (Å²) < 4.78 is 5.18. The molecule has 2 aromatic carbocycles. The zero-order chi connectivity index (χ0) is 14.5. The van der Waals surface area contributed by atoms with E-state index in [1.54, 1.807) is 7.11 Å². The lowest BCUT2D eigenvalue weighted by molar-refractivity contribution is 0.415. The molecule has 2 N–H and O–H groups in total. The lowest BCUT2D eigenvalue weighted by Gasteiger charge is -2.12. The molecule has 0 unspecified atom stereocenters. The van der Waals surface area contributed by atoms with E-state index in [4.69, 9.17) is 17.0 Å². The molecule has 0 fully saturated rings. The molecule has 20 heavy (non-hydrogen) atoms. The number of hydrogen-bond acceptors (Lipinski definition) is 2. The summed E-state index contributed by atoms with van der Waals surface area (Å²) in [4.78, 5) is 0. The molecule has 0 bridgehead atoms. The third kappa shape index (κ3) is 3.96. The summed E-state index contributed by atoms with van der Waals surface area (Å²) in [6, 6.07) is 13.9. The highest BCUT2D eigenvalue weighted by Gasteiger charge is 2.01. The van der Waals surface area contributed by atoms with Crippen LogP contribution in [0.15, 0.2) is 42.5 Å². The highest BCUT2D eigenvalue weighted by atomic mass is 32.1. The van der Waals surface area contributed by atoms with Gasteiger partial charge >= 0.3 is 0 Å². The van der Waals surface area contributed by atoms with Gasteiger partial charge in [0.15, 0.2) is 5.11 Å². The van der Waals surface area contributed by atoms with Crippen LogP contribution in [0.2, 0.25) is 0 Å². The number of rotatable bonds is 3. The van der Waals surface area contributed by atoms with Gasteiger partial charge in [0.25, 0.3) is 0 Å². The van der Waals surface area contributed by atoms with E-state index in [2.05, 4.69) is 42.7 Å². The molecular weight excluding hydrogens is 268 g/mol. The molecule has 0 heterocycles. The summed E-state index contributed by atoms with van der Waals surface area (Å²) in [5.41, 5.74) is 4.29. The topological polar surface area (TPSA) is 33.3 Å². The van der Waals surface area contributed by atoms with Crippen LogP contribution in [0.3, 0.4) is 0 Å². The van der Waals surface area contributed by atoms with Crippen molar-refractivity contribution >= 4 is 28.7 Å². The monoisotopic (exact) mass is 286 g/mol. The Balaban J connectivity index is 2.04. The second kappa shape index (κ2) is 6.39. The van der Waals surface area contributed by atoms with Crippen molar-refractivity contribution in [2.45, 2.75) is 13.8 Å². The number of nitrogens with one attached hydrogen (secondary N) is 2. The normalized spacial score (nSPS) is 9.95. The summed E-state index contributed by atoms with van der Waals surface area (Å²) in [5, 5.41) is 6.89. The molecule has 104 valence electrons. The summed E-state index contributed by atoms with van der Waals surface area (Å²) in [6.07, 6.45) is 0. The summed E-state index contributed by atoms with van der Waals surface area (Å²) in [6.45, 7) is 4.13. The predicted molar refractivity (Wildman–Crippen MR) is 88.8 cm³/mol. The zero-order valence-corrected chi connectivity index (χ0v) is 12.7. The van der Waals surface area contributed by atoms with Gasteiger partial charge in [0.1, 0.15) is 5.75 Å². The van der Waals surface area contributed by atoms with Crippen LogP contribution in [0.25, 0.3) is 0 Å². The molecule has 0 aliphatic carbocycles. The lowest BCUT2D eigenvalue weighted by atomic mass is 10.1. The van der Waals surface area contributed by atoms with Gasteiger partial charge in [-0.05, 0) is 61.5 Å². The number of thiocarbonyl (C=S) groups is 1. The van der Waals surface area contributed by atoms with Gasteiger partial charge in [-0.2, -0.15) is 0 Å². The highest BCUT2D eigenvalue weighted by Crippen LogP contribution is 2.18. The van der Waals surface area contributed by atoms with Crippen molar-refractivity contribution in [3.63, 3.8) is 0 Å². The Kier molecular flexibility index (Phi) is 4.58. The number of anilines is 2. The molecule has 0 aromatic heterocycles. The van der Waals surface area contributed by atoms with Crippen LogP contribution in [0.5, 0.6) is 5.75 Å². The van der Waals surface area contributed by atoms with E-state index < -0.39 is 0 Å². The first kappa shape index (κ1) is 14.3. The first-order valence-electron chi connectivity index (χ1n) is 6.37. The Hall–Kier alpha value is -2.07. The van der Waals surface area contributed by atoms with E-state index in [9.17, 15) is 0 Å². The number of methoxy groups -OCH3 is 1. The second-order valence-electron chi connectivity index (χ2n) is 4.69. The fraction of sp³-hybridized carbons (Fsp3) is 0.188. The minimum absolute atomic E-state index is 0.559. The minimum Gasteiger partial charge on any atom is -0.497 e. The maximum absolute atomic E-state index is 5.32. The number of benzene rings is 2. The molecule has 2 rings (SSSR count).